The Labute approximate surface area is 156 Å². The van der Waals surface area contributed by atoms with Gasteiger partial charge in [0, 0.05) is 10.7 Å². The second-order valence-electron chi connectivity index (χ2n) is 5.10. The van der Waals surface area contributed by atoms with Gasteiger partial charge < -0.3 is 10.1 Å². The molecule has 0 heterocycles. The molecule has 2 N–H and O–H groups in total. The van der Waals surface area contributed by atoms with E-state index in [1.54, 1.807) is 31.2 Å². The van der Waals surface area contributed by atoms with E-state index < -0.39 is 15.9 Å². The maximum Gasteiger partial charge on any atom is 0.262 e. The Bertz CT molecular complexity index is 901. The van der Waals surface area contributed by atoms with Crippen molar-refractivity contribution < 1.29 is 17.9 Å². The minimum Gasteiger partial charge on any atom is -0.482 e. The predicted molar refractivity (Wildman–Crippen MR) is 98.0 cm³/mol. The standard InChI is InChI=1S/C16H16Cl2N2O4S/c1-10-3-5-12(8-15(10)25(22,23)19-2)20-16(21)9-24-14-6-4-11(17)7-13(14)18/h3-8,19H,9H2,1-2H3,(H,20,21). The summed E-state index contributed by atoms with van der Waals surface area (Å²) in [6.45, 7) is 1.38. The highest BCUT2D eigenvalue weighted by atomic mass is 35.5. The van der Waals surface area contributed by atoms with E-state index >= 15 is 0 Å². The number of carbonyl (C=O) groups is 1. The number of aryl methyl sites for hydroxylation is 1. The number of rotatable bonds is 6. The van der Waals surface area contributed by atoms with Crippen molar-refractivity contribution in [3.8, 4) is 5.75 Å². The van der Waals surface area contributed by atoms with Crippen molar-refractivity contribution in [1.29, 1.82) is 0 Å². The number of benzene rings is 2. The first-order valence-electron chi connectivity index (χ1n) is 7.15. The molecule has 0 saturated heterocycles. The highest BCUT2D eigenvalue weighted by molar-refractivity contribution is 7.89. The Kier molecular flexibility index (Phi) is 6.29. The maximum atomic E-state index is 12.0. The average Bonchev–Trinajstić information content (AvgIpc) is 2.55. The zero-order valence-corrected chi connectivity index (χ0v) is 15.8. The molecule has 9 heteroatoms. The van der Waals surface area contributed by atoms with E-state index in [2.05, 4.69) is 10.0 Å². The van der Waals surface area contributed by atoms with Gasteiger partial charge in [-0.2, -0.15) is 0 Å². The summed E-state index contributed by atoms with van der Waals surface area (Å²) in [4.78, 5) is 12.1. The summed E-state index contributed by atoms with van der Waals surface area (Å²) in [7, 11) is -2.29. The molecular weight excluding hydrogens is 387 g/mol. The van der Waals surface area contributed by atoms with Crippen LogP contribution in [0.15, 0.2) is 41.3 Å². The molecule has 0 aliphatic carbocycles. The Balaban J connectivity index is 2.07. The van der Waals surface area contributed by atoms with Crippen molar-refractivity contribution in [2.45, 2.75) is 11.8 Å². The molecule has 2 rings (SSSR count). The summed E-state index contributed by atoms with van der Waals surface area (Å²) >= 11 is 11.8. The van der Waals surface area contributed by atoms with Crippen molar-refractivity contribution in [1.82, 2.24) is 4.72 Å². The topological polar surface area (TPSA) is 84.5 Å². The first-order chi connectivity index (χ1) is 11.7. The zero-order valence-electron chi connectivity index (χ0n) is 13.5. The summed E-state index contributed by atoms with van der Waals surface area (Å²) in [5.74, 6) is -0.133. The largest absolute Gasteiger partial charge is 0.482 e. The van der Waals surface area contributed by atoms with Crippen LogP contribution in [0.1, 0.15) is 5.56 Å². The van der Waals surface area contributed by atoms with Gasteiger partial charge in [-0.25, -0.2) is 13.1 Å². The lowest BCUT2D eigenvalue weighted by molar-refractivity contribution is -0.118. The monoisotopic (exact) mass is 402 g/mol. The van der Waals surface area contributed by atoms with Gasteiger partial charge in [-0.05, 0) is 49.9 Å². The van der Waals surface area contributed by atoms with Crippen LogP contribution in [0.25, 0.3) is 0 Å². The van der Waals surface area contributed by atoms with E-state index in [0.717, 1.165) is 0 Å². The van der Waals surface area contributed by atoms with E-state index in [1.165, 1.54) is 19.2 Å². The van der Waals surface area contributed by atoms with E-state index in [0.29, 0.717) is 22.0 Å². The zero-order chi connectivity index (χ0) is 18.6. The first-order valence-corrected chi connectivity index (χ1v) is 9.39. The van der Waals surface area contributed by atoms with Crippen LogP contribution >= 0.6 is 23.2 Å². The fraction of sp³-hybridized carbons (Fsp3) is 0.188. The second kappa shape index (κ2) is 8.05. The van der Waals surface area contributed by atoms with E-state index in [1.807, 2.05) is 0 Å². The molecule has 134 valence electrons. The van der Waals surface area contributed by atoms with Crippen molar-refractivity contribution >= 4 is 44.8 Å². The SMILES string of the molecule is CNS(=O)(=O)c1cc(NC(=O)COc2ccc(Cl)cc2Cl)ccc1C. The summed E-state index contributed by atoms with van der Waals surface area (Å²) < 4.78 is 31.5. The summed E-state index contributed by atoms with van der Waals surface area (Å²) in [5.41, 5.74) is 0.909. The molecule has 6 nitrogen and oxygen atoms in total. The summed E-state index contributed by atoms with van der Waals surface area (Å²) in [6.07, 6.45) is 0. The lowest BCUT2D eigenvalue weighted by atomic mass is 10.2. The Morgan fingerprint density at radius 2 is 1.88 bits per heavy atom. The minimum absolute atomic E-state index is 0.0921. The minimum atomic E-state index is -3.61. The van der Waals surface area contributed by atoms with Gasteiger partial charge in [0.25, 0.3) is 5.91 Å². The van der Waals surface area contributed by atoms with Crippen molar-refractivity contribution in [3.05, 3.63) is 52.0 Å². The van der Waals surface area contributed by atoms with Crippen molar-refractivity contribution in [3.63, 3.8) is 0 Å². The predicted octanol–water partition coefficient (Wildman–Crippen LogP) is 3.23. The van der Waals surface area contributed by atoms with Crippen LogP contribution in [0.3, 0.4) is 0 Å². The lowest BCUT2D eigenvalue weighted by Crippen LogP contribution is -2.22. The summed E-state index contributed by atoms with van der Waals surface area (Å²) in [5, 5.41) is 3.33. The number of halogens is 2. The van der Waals surface area contributed by atoms with Gasteiger partial charge in [0.1, 0.15) is 5.75 Å². The molecule has 0 radical (unpaired) electrons. The van der Waals surface area contributed by atoms with E-state index in [4.69, 9.17) is 27.9 Å². The highest BCUT2D eigenvalue weighted by Crippen LogP contribution is 2.27. The van der Waals surface area contributed by atoms with Gasteiger partial charge in [-0.1, -0.05) is 29.3 Å². The fourth-order valence-corrected chi connectivity index (χ4v) is 3.47. The normalized spacial score (nSPS) is 11.2. The quantitative estimate of drug-likeness (QED) is 0.776. The molecular formula is C16H16Cl2N2O4S. The number of nitrogens with one attached hydrogen (secondary N) is 2. The lowest BCUT2D eigenvalue weighted by Gasteiger charge is -2.11. The molecule has 0 spiro atoms. The average molecular weight is 403 g/mol. The smallest absolute Gasteiger partial charge is 0.262 e. The van der Waals surface area contributed by atoms with Crippen LogP contribution in [-0.4, -0.2) is 28.0 Å². The third kappa shape index (κ3) is 5.09. The maximum absolute atomic E-state index is 12.0. The van der Waals surface area contributed by atoms with Gasteiger partial charge in [0.05, 0.1) is 9.92 Å². The number of sulfonamides is 1. The van der Waals surface area contributed by atoms with Crippen LogP contribution in [0.4, 0.5) is 5.69 Å². The molecule has 1 amide bonds. The molecule has 0 bridgehead atoms. The van der Waals surface area contributed by atoms with Gasteiger partial charge in [0.2, 0.25) is 10.0 Å². The third-order valence-electron chi connectivity index (χ3n) is 3.28. The molecule has 0 aliphatic heterocycles. The van der Waals surface area contributed by atoms with Crippen LogP contribution in [-0.2, 0) is 14.8 Å². The third-order valence-corrected chi connectivity index (χ3v) is 5.37. The van der Waals surface area contributed by atoms with Crippen molar-refractivity contribution in [2.75, 3.05) is 19.0 Å². The van der Waals surface area contributed by atoms with Gasteiger partial charge in [-0.15, -0.1) is 0 Å². The van der Waals surface area contributed by atoms with E-state index in [-0.39, 0.29) is 16.5 Å². The number of ether oxygens (including phenoxy) is 1. The molecule has 0 aliphatic rings. The molecule has 0 saturated carbocycles. The number of hydrogen-bond acceptors (Lipinski definition) is 4. The second-order valence-corrected chi connectivity index (χ2v) is 7.80. The Morgan fingerprint density at radius 1 is 1.16 bits per heavy atom. The molecule has 0 atom stereocenters. The molecule has 0 fully saturated rings. The Morgan fingerprint density at radius 3 is 2.52 bits per heavy atom. The van der Waals surface area contributed by atoms with Crippen LogP contribution in [0.2, 0.25) is 10.0 Å². The van der Waals surface area contributed by atoms with Gasteiger partial charge in [-0.3, -0.25) is 4.79 Å². The van der Waals surface area contributed by atoms with E-state index in [9.17, 15) is 13.2 Å². The van der Waals surface area contributed by atoms with Crippen molar-refractivity contribution in [2.24, 2.45) is 0 Å². The highest BCUT2D eigenvalue weighted by Gasteiger charge is 2.16. The number of hydrogen-bond donors (Lipinski definition) is 2. The van der Waals surface area contributed by atoms with Crippen LogP contribution < -0.4 is 14.8 Å². The summed E-state index contributed by atoms with van der Waals surface area (Å²) in [6, 6.07) is 9.25. The van der Waals surface area contributed by atoms with Gasteiger partial charge in [0.15, 0.2) is 6.61 Å². The Hall–Kier alpha value is -1.80. The van der Waals surface area contributed by atoms with Crippen LogP contribution in [0, 0.1) is 6.92 Å². The van der Waals surface area contributed by atoms with Gasteiger partial charge >= 0.3 is 0 Å². The molecule has 0 unspecified atom stereocenters. The molecule has 0 aromatic heterocycles. The molecule has 2 aromatic carbocycles. The fourth-order valence-electron chi connectivity index (χ4n) is 2.01. The first kappa shape index (κ1) is 19.5. The van der Waals surface area contributed by atoms with Crippen LogP contribution in [0.5, 0.6) is 5.75 Å². The number of carbonyl (C=O) groups excluding carboxylic acids is 1. The molecule has 2 aromatic rings. The number of amides is 1. The molecule has 25 heavy (non-hydrogen) atoms. The number of anilines is 1.